The first-order valence-electron chi connectivity index (χ1n) is 11.0. The normalized spacial score (nSPS) is 10.9. The Hall–Kier alpha value is -3.97. The molecule has 0 aliphatic heterocycles. The van der Waals surface area contributed by atoms with Crippen molar-refractivity contribution in [3.63, 3.8) is 0 Å². The van der Waals surface area contributed by atoms with E-state index in [0.29, 0.717) is 36.6 Å². The number of halogens is 1. The molecule has 0 atom stereocenters. The first kappa shape index (κ1) is 23.2. The number of carbonyl (C=O) groups is 2. The number of hydrogen-bond acceptors (Lipinski definition) is 3. The molecule has 3 aromatic carbocycles. The summed E-state index contributed by atoms with van der Waals surface area (Å²) in [7, 11) is 1.57. The standard InChI is InChI=1S/C27H26FN3O3/c1-18-6-8-20(9-7-18)26(32)30-23-10-11-24-21(15-23)16-25(27(33)29-12-13-34-2)31(24)17-19-4-3-5-22(28)14-19/h3-11,14-16H,12-13,17H2,1-2H3,(H,29,33)(H,30,32). The highest BCUT2D eigenvalue weighted by Crippen LogP contribution is 2.25. The van der Waals surface area contributed by atoms with Crippen molar-refractivity contribution in [3.05, 3.63) is 101 Å². The van der Waals surface area contributed by atoms with Gasteiger partial charge in [0.15, 0.2) is 0 Å². The van der Waals surface area contributed by atoms with Gasteiger partial charge in [-0.2, -0.15) is 0 Å². The second kappa shape index (κ2) is 10.3. The van der Waals surface area contributed by atoms with Crippen molar-refractivity contribution in [1.82, 2.24) is 9.88 Å². The minimum absolute atomic E-state index is 0.212. The number of anilines is 1. The van der Waals surface area contributed by atoms with Crippen LogP contribution in [0.5, 0.6) is 0 Å². The lowest BCUT2D eigenvalue weighted by molar-refractivity contribution is 0.0928. The smallest absolute Gasteiger partial charge is 0.268 e. The van der Waals surface area contributed by atoms with Gasteiger partial charge in [0.05, 0.1) is 6.61 Å². The molecule has 6 nitrogen and oxygen atoms in total. The Morgan fingerprint density at radius 1 is 0.971 bits per heavy atom. The lowest BCUT2D eigenvalue weighted by Gasteiger charge is -2.12. The molecule has 2 amide bonds. The maximum Gasteiger partial charge on any atom is 0.268 e. The van der Waals surface area contributed by atoms with Crippen LogP contribution in [0.1, 0.15) is 32.0 Å². The number of benzene rings is 3. The molecule has 0 fully saturated rings. The molecule has 1 heterocycles. The van der Waals surface area contributed by atoms with Gasteiger partial charge in [-0.3, -0.25) is 9.59 Å². The zero-order valence-corrected chi connectivity index (χ0v) is 19.1. The summed E-state index contributed by atoms with van der Waals surface area (Å²) in [5, 5.41) is 6.54. The van der Waals surface area contributed by atoms with Gasteiger partial charge in [-0.1, -0.05) is 29.8 Å². The summed E-state index contributed by atoms with van der Waals surface area (Å²) in [5.74, 6) is -0.799. The summed E-state index contributed by atoms with van der Waals surface area (Å²) in [6.07, 6.45) is 0. The SMILES string of the molecule is COCCNC(=O)c1cc2cc(NC(=O)c3ccc(C)cc3)ccc2n1Cc1cccc(F)c1. The first-order chi connectivity index (χ1) is 16.4. The van der Waals surface area contributed by atoms with E-state index in [1.54, 1.807) is 37.4 Å². The van der Waals surface area contributed by atoms with Crippen LogP contribution in [0.4, 0.5) is 10.1 Å². The number of fused-ring (bicyclic) bond motifs is 1. The van der Waals surface area contributed by atoms with E-state index < -0.39 is 0 Å². The van der Waals surface area contributed by atoms with Gasteiger partial charge in [0, 0.05) is 42.4 Å². The molecular formula is C27H26FN3O3. The van der Waals surface area contributed by atoms with Crippen molar-refractivity contribution in [2.75, 3.05) is 25.6 Å². The van der Waals surface area contributed by atoms with E-state index in [2.05, 4.69) is 10.6 Å². The third kappa shape index (κ3) is 5.32. The second-order valence-corrected chi connectivity index (χ2v) is 8.09. The molecule has 4 rings (SSSR count). The molecule has 0 aliphatic rings. The quantitative estimate of drug-likeness (QED) is 0.373. The van der Waals surface area contributed by atoms with Crippen LogP contribution in [0, 0.1) is 12.7 Å². The molecule has 4 aromatic rings. The highest BCUT2D eigenvalue weighted by molar-refractivity contribution is 6.06. The van der Waals surface area contributed by atoms with Gasteiger partial charge in [0.2, 0.25) is 0 Å². The predicted molar refractivity (Wildman–Crippen MR) is 131 cm³/mol. The van der Waals surface area contributed by atoms with Gasteiger partial charge in [0.1, 0.15) is 11.5 Å². The van der Waals surface area contributed by atoms with E-state index in [4.69, 9.17) is 4.74 Å². The van der Waals surface area contributed by atoms with Crippen LogP contribution in [0.3, 0.4) is 0 Å². The highest BCUT2D eigenvalue weighted by Gasteiger charge is 2.17. The van der Waals surface area contributed by atoms with Gasteiger partial charge >= 0.3 is 0 Å². The summed E-state index contributed by atoms with van der Waals surface area (Å²) in [4.78, 5) is 25.5. The average Bonchev–Trinajstić information content (AvgIpc) is 3.17. The fourth-order valence-electron chi connectivity index (χ4n) is 3.79. The number of rotatable bonds is 8. The fourth-order valence-corrected chi connectivity index (χ4v) is 3.79. The van der Waals surface area contributed by atoms with Gasteiger partial charge in [-0.25, -0.2) is 4.39 Å². The molecule has 0 radical (unpaired) electrons. The topological polar surface area (TPSA) is 72.4 Å². The van der Waals surface area contributed by atoms with Gasteiger partial charge in [-0.05, 0) is 61.0 Å². The number of methoxy groups -OCH3 is 1. The Balaban J connectivity index is 1.66. The Labute approximate surface area is 197 Å². The van der Waals surface area contributed by atoms with Crippen molar-refractivity contribution < 1.29 is 18.7 Å². The Kier molecular flexibility index (Phi) is 7.04. The molecular weight excluding hydrogens is 433 g/mol. The Bertz CT molecular complexity index is 1330. The maximum atomic E-state index is 13.8. The summed E-state index contributed by atoms with van der Waals surface area (Å²) in [6.45, 7) is 3.05. The van der Waals surface area contributed by atoms with E-state index in [0.717, 1.165) is 22.0 Å². The summed E-state index contributed by atoms with van der Waals surface area (Å²) < 4.78 is 20.6. The largest absolute Gasteiger partial charge is 0.383 e. The molecule has 0 unspecified atom stereocenters. The molecule has 0 aliphatic carbocycles. The van der Waals surface area contributed by atoms with Crippen LogP contribution in [0.25, 0.3) is 10.9 Å². The summed E-state index contributed by atoms with van der Waals surface area (Å²) in [6, 6.07) is 20.9. The van der Waals surface area contributed by atoms with Crippen LogP contribution in [0.15, 0.2) is 72.8 Å². The van der Waals surface area contributed by atoms with E-state index in [9.17, 15) is 14.0 Å². The van der Waals surface area contributed by atoms with Gasteiger partial charge < -0.3 is 19.9 Å². The number of hydrogen-bond donors (Lipinski definition) is 2. The average molecular weight is 460 g/mol. The lowest BCUT2D eigenvalue weighted by atomic mass is 10.1. The fraction of sp³-hybridized carbons (Fsp3) is 0.185. The Morgan fingerprint density at radius 3 is 2.50 bits per heavy atom. The lowest BCUT2D eigenvalue weighted by Crippen LogP contribution is -2.29. The van der Waals surface area contributed by atoms with Crippen LogP contribution in [0.2, 0.25) is 0 Å². The third-order valence-electron chi connectivity index (χ3n) is 5.53. The monoisotopic (exact) mass is 459 g/mol. The molecule has 0 saturated carbocycles. The minimum atomic E-state index is -0.332. The number of aryl methyl sites for hydroxylation is 1. The molecule has 2 N–H and O–H groups in total. The zero-order chi connectivity index (χ0) is 24.1. The van der Waals surface area contributed by atoms with Crippen molar-refractivity contribution in [2.45, 2.75) is 13.5 Å². The van der Waals surface area contributed by atoms with E-state index in [1.165, 1.54) is 12.1 Å². The van der Waals surface area contributed by atoms with Crippen LogP contribution >= 0.6 is 0 Å². The summed E-state index contributed by atoms with van der Waals surface area (Å²) in [5.41, 5.74) is 4.24. The molecule has 0 bridgehead atoms. The van der Waals surface area contributed by atoms with E-state index in [-0.39, 0.29) is 17.6 Å². The number of ether oxygens (including phenoxy) is 1. The number of nitrogens with one attached hydrogen (secondary N) is 2. The van der Waals surface area contributed by atoms with E-state index in [1.807, 2.05) is 41.8 Å². The summed E-state index contributed by atoms with van der Waals surface area (Å²) >= 11 is 0. The molecule has 174 valence electrons. The van der Waals surface area contributed by atoms with Crippen molar-refractivity contribution in [2.24, 2.45) is 0 Å². The maximum absolute atomic E-state index is 13.8. The van der Waals surface area contributed by atoms with Crippen LogP contribution in [-0.4, -0.2) is 36.6 Å². The molecule has 34 heavy (non-hydrogen) atoms. The van der Waals surface area contributed by atoms with Crippen LogP contribution in [-0.2, 0) is 11.3 Å². The zero-order valence-electron chi connectivity index (χ0n) is 19.1. The number of carbonyl (C=O) groups excluding carboxylic acids is 2. The molecule has 7 heteroatoms. The van der Waals surface area contributed by atoms with Crippen molar-refractivity contribution in [3.8, 4) is 0 Å². The molecule has 1 aromatic heterocycles. The first-order valence-corrected chi connectivity index (χ1v) is 11.0. The predicted octanol–water partition coefficient (Wildman–Crippen LogP) is 4.77. The molecule has 0 spiro atoms. The Morgan fingerprint density at radius 2 is 1.76 bits per heavy atom. The highest BCUT2D eigenvalue weighted by atomic mass is 19.1. The van der Waals surface area contributed by atoms with E-state index >= 15 is 0 Å². The number of aromatic nitrogens is 1. The van der Waals surface area contributed by atoms with Gasteiger partial charge in [-0.15, -0.1) is 0 Å². The third-order valence-corrected chi connectivity index (χ3v) is 5.53. The van der Waals surface area contributed by atoms with Gasteiger partial charge in [0.25, 0.3) is 11.8 Å². The van der Waals surface area contributed by atoms with Crippen LogP contribution < -0.4 is 10.6 Å². The van der Waals surface area contributed by atoms with Crippen molar-refractivity contribution in [1.29, 1.82) is 0 Å². The second-order valence-electron chi connectivity index (χ2n) is 8.09. The number of amides is 2. The van der Waals surface area contributed by atoms with Crippen molar-refractivity contribution >= 4 is 28.4 Å². The minimum Gasteiger partial charge on any atom is -0.383 e. The number of nitrogens with zero attached hydrogens (tertiary/aromatic N) is 1. The molecule has 0 saturated heterocycles.